The van der Waals surface area contributed by atoms with Crippen molar-refractivity contribution in [3.63, 3.8) is 0 Å². The molecule has 0 amide bonds. The minimum atomic E-state index is 0.126. The molecule has 0 spiro atoms. The van der Waals surface area contributed by atoms with E-state index in [0.29, 0.717) is 34.4 Å². The first-order chi connectivity index (χ1) is 71.8. The quantitative estimate of drug-likeness (QED) is 0.106. The zero-order valence-corrected chi connectivity index (χ0v) is 78.5. The second kappa shape index (κ2) is 36.5. The van der Waals surface area contributed by atoms with Crippen LogP contribution in [0.15, 0.2) is 510 Å². The maximum absolute atomic E-state index is 9.35. The summed E-state index contributed by atoms with van der Waals surface area (Å²) in [7, 11) is 0. The molecule has 28 rings (SSSR count). The molecule has 11 heteroatoms. The monoisotopic (exact) mass is 1850 g/mol. The molecule has 0 saturated heterocycles. The van der Waals surface area contributed by atoms with Crippen LogP contribution in [0.1, 0.15) is 33.7 Å². The van der Waals surface area contributed by atoms with Gasteiger partial charge in [0.2, 0.25) is 0 Å². The fraction of sp³-hybridized carbons (Fsp3) is 0.00746. The lowest BCUT2D eigenvalue weighted by Gasteiger charge is -2.16. The van der Waals surface area contributed by atoms with Gasteiger partial charge >= 0.3 is 0 Å². The predicted octanol–water partition coefficient (Wildman–Crippen LogP) is 33.5. The molecule has 6 aromatic heterocycles. The van der Waals surface area contributed by atoms with Crippen LogP contribution in [0.25, 0.3) is 233 Å². The van der Waals surface area contributed by atoms with Crippen molar-refractivity contribution in [1.29, 1.82) is 10.5 Å². The van der Waals surface area contributed by atoms with E-state index in [2.05, 4.69) is 419 Å². The number of nitriles is 2. The summed E-state index contributed by atoms with van der Waals surface area (Å²) in [5.74, 6) is 2.72. The summed E-state index contributed by atoms with van der Waals surface area (Å²) >= 11 is 0. The van der Waals surface area contributed by atoms with E-state index in [9.17, 15) is 10.5 Å². The minimum absolute atomic E-state index is 0.126. The Morgan fingerprint density at radius 3 is 1.01 bits per heavy atom. The fourth-order valence-corrected chi connectivity index (χ4v) is 21.5. The molecule has 1 unspecified atom stereocenters. The van der Waals surface area contributed by atoms with E-state index in [1.165, 1.54) is 126 Å². The molecule has 0 saturated carbocycles. The van der Waals surface area contributed by atoms with Crippen LogP contribution in [0.4, 0.5) is 0 Å². The van der Waals surface area contributed by atoms with Gasteiger partial charge in [0.1, 0.15) is 0 Å². The van der Waals surface area contributed by atoms with Crippen molar-refractivity contribution in [2.75, 3.05) is 0 Å². The first kappa shape index (κ1) is 85.6. The van der Waals surface area contributed by atoms with E-state index in [1.54, 1.807) is 0 Å². The van der Waals surface area contributed by atoms with Crippen LogP contribution in [0.2, 0.25) is 0 Å². The number of benzene rings is 21. The number of nitrogens with zero attached hydrogens (tertiary/aromatic N) is 11. The zero-order valence-electron chi connectivity index (χ0n) is 78.5. The van der Waals surface area contributed by atoms with Gasteiger partial charge in [0.05, 0.1) is 78.8 Å². The van der Waals surface area contributed by atoms with E-state index < -0.39 is 0 Å². The van der Waals surface area contributed by atoms with Gasteiger partial charge in [0.15, 0.2) is 23.3 Å². The van der Waals surface area contributed by atoms with Crippen LogP contribution in [0.5, 0.6) is 0 Å². The first-order valence-electron chi connectivity index (χ1n) is 48.8. The third-order valence-electron chi connectivity index (χ3n) is 28.3. The number of aromatic nitrogens is 9. The van der Waals surface area contributed by atoms with Crippen LogP contribution in [-0.4, -0.2) is 43.2 Å². The van der Waals surface area contributed by atoms with E-state index in [-0.39, 0.29) is 5.92 Å². The molecule has 1 atom stereocenters. The molecule has 6 heterocycles. The van der Waals surface area contributed by atoms with E-state index in [4.69, 9.17) is 24.9 Å². The molecular weight excluding hydrogens is 1760 g/mol. The summed E-state index contributed by atoms with van der Waals surface area (Å²) in [5.41, 5.74) is 35.9. The van der Waals surface area contributed by atoms with Crippen LogP contribution in [0.3, 0.4) is 0 Å². The standard InChI is InChI=1S/C45H29N5.C45H27N3.C44H29N3/c1-3-15-30(16-4-1)43-46-44(31-17-5-2-6-18-31)48-45(47-43)32-27-33(49-39-23-11-7-19-35(39)36-20-8-12-24-40(36)49)29-34(28-32)50-41-25-13-9-21-37(41)38-22-10-14-26-42(38)50;46-27-29-9-13-33(14-10-29)45-40-7-2-1-5-37(40)38-23-19-34(26-42(38)45)31-15-17-32(18-16-31)35-20-24-44-41(25-35)39-6-3-4-8-43(39)48(44)36-21-11-30(28-47)12-22-36;1-3-11-30(12-4-1)31-19-21-33(22-20-31)40-29-41(46-44(45-40)35-14-5-2-6-15-35)34-23-26-36(27-24-34)47-42-18-10-9-17-38(42)39-28-25-32-13-7-8-16-37(32)43(39)47/h1-29H;1-26,45H;1-29H. The molecule has 27 aromatic rings. The van der Waals surface area contributed by atoms with Gasteiger partial charge in [0, 0.05) is 111 Å². The normalized spacial score (nSPS) is 12.1. The molecule has 0 bridgehead atoms. The highest BCUT2D eigenvalue weighted by Gasteiger charge is 2.31. The lowest BCUT2D eigenvalue weighted by Crippen LogP contribution is -2.03. The van der Waals surface area contributed by atoms with Crippen molar-refractivity contribution in [3.8, 4) is 147 Å². The van der Waals surface area contributed by atoms with E-state index in [1.807, 2.05) is 121 Å². The summed E-state index contributed by atoms with van der Waals surface area (Å²) in [5, 5.41) is 30.9. The molecule has 676 valence electrons. The highest BCUT2D eigenvalue weighted by molar-refractivity contribution is 6.19. The Balaban J connectivity index is 0.000000111. The van der Waals surface area contributed by atoms with Crippen LogP contribution in [-0.2, 0) is 0 Å². The minimum Gasteiger partial charge on any atom is -0.309 e. The van der Waals surface area contributed by atoms with Crippen molar-refractivity contribution in [1.82, 2.24) is 43.2 Å². The predicted molar refractivity (Wildman–Crippen MR) is 594 cm³/mol. The molecule has 21 aromatic carbocycles. The highest BCUT2D eigenvalue weighted by atomic mass is 15.1. The number of hydrogen-bond acceptors (Lipinski definition) is 7. The van der Waals surface area contributed by atoms with Gasteiger partial charge in [-0.2, -0.15) is 10.5 Å². The SMILES string of the molecule is N#Cc1ccc(C2c3ccccc3-c3ccc(-c4ccc(-c5ccc6c(c5)c5ccccc5n6-c5ccc(C#N)cc5)cc4)cc32)cc1.c1ccc(-c2ccc(-c3cc(-c4ccc(-n5c6ccccc6c6ccc7ccccc7c65)cc4)nc(-c4ccccc4)n3)cc2)cc1.c1ccc(-c2nc(-c3ccccc3)nc(-c3cc(-n4c5ccccc5c5ccccc54)cc(-n4c5ccccc5c5ccccc54)c3)n2)cc1. The van der Waals surface area contributed by atoms with Gasteiger partial charge in [-0.15, -0.1) is 0 Å². The third kappa shape index (κ3) is 15.5. The maximum Gasteiger partial charge on any atom is 0.164 e. The third-order valence-corrected chi connectivity index (χ3v) is 28.3. The summed E-state index contributed by atoms with van der Waals surface area (Å²) in [6.07, 6.45) is 0. The molecule has 0 aliphatic heterocycles. The van der Waals surface area contributed by atoms with Gasteiger partial charge in [-0.1, -0.05) is 382 Å². The first-order valence-corrected chi connectivity index (χ1v) is 48.8. The number of para-hydroxylation sites is 6. The Bertz CT molecular complexity index is 9500. The van der Waals surface area contributed by atoms with Gasteiger partial charge < -0.3 is 18.3 Å². The average Bonchev–Trinajstić information content (AvgIpc) is 1.59. The van der Waals surface area contributed by atoms with Gasteiger partial charge in [-0.3, -0.25) is 0 Å². The molecule has 1 aliphatic rings. The summed E-state index contributed by atoms with van der Waals surface area (Å²) < 4.78 is 9.40. The fourth-order valence-electron chi connectivity index (χ4n) is 21.5. The van der Waals surface area contributed by atoms with Crippen molar-refractivity contribution in [3.05, 3.63) is 537 Å². The molecule has 0 N–H and O–H groups in total. The number of fused-ring (bicyclic) bond motifs is 17. The van der Waals surface area contributed by atoms with Gasteiger partial charge in [0.25, 0.3) is 0 Å². The lowest BCUT2D eigenvalue weighted by molar-refractivity contribution is 1.01. The smallest absolute Gasteiger partial charge is 0.164 e. The van der Waals surface area contributed by atoms with Crippen molar-refractivity contribution >= 4 is 98.0 Å². The summed E-state index contributed by atoms with van der Waals surface area (Å²) in [6, 6.07) is 183. The van der Waals surface area contributed by atoms with Gasteiger partial charge in [-0.25, -0.2) is 24.9 Å². The van der Waals surface area contributed by atoms with Crippen LogP contribution >= 0.6 is 0 Å². The highest BCUT2D eigenvalue weighted by Crippen LogP contribution is 2.51. The second-order valence-electron chi connectivity index (χ2n) is 36.7. The second-order valence-corrected chi connectivity index (χ2v) is 36.7. The van der Waals surface area contributed by atoms with Crippen LogP contribution < -0.4 is 0 Å². The van der Waals surface area contributed by atoms with Crippen molar-refractivity contribution < 1.29 is 0 Å². The zero-order chi connectivity index (χ0) is 96.4. The Labute approximate surface area is 836 Å². The Kier molecular flexibility index (Phi) is 21.5. The Hall–Kier alpha value is -19.9. The van der Waals surface area contributed by atoms with Gasteiger partial charge in [-0.05, 0) is 194 Å². The number of hydrogen-bond donors (Lipinski definition) is 0. The maximum atomic E-state index is 9.35. The number of rotatable bonds is 14. The Morgan fingerprint density at radius 1 is 0.186 bits per heavy atom. The average molecular weight is 1850 g/mol. The van der Waals surface area contributed by atoms with Crippen LogP contribution in [0, 0.1) is 22.7 Å². The molecule has 145 heavy (non-hydrogen) atoms. The molecule has 0 fully saturated rings. The Morgan fingerprint density at radius 2 is 0.517 bits per heavy atom. The largest absolute Gasteiger partial charge is 0.309 e. The topological polar surface area (TPSA) is 132 Å². The molecule has 0 radical (unpaired) electrons. The summed E-state index contributed by atoms with van der Waals surface area (Å²) in [6.45, 7) is 0. The summed E-state index contributed by atoms with van der Waals surface area (Å²) in [4.78, 5) is 25.4. The van der Waals surface area contributed by atoms with E-state index >= 15 is 0 Å². The molecule has 1 aliphatic carbocycles. The van der Waals surface area contributed by atoms with E-state index in [0.717, 1.165) is 101 Å². The van der Waals surface area contributed by atoms with Crippen molar-refractivity contribution in [2.24, 2.45) is 0 Å². The van der Waals surface area contributed by atoms with Crippen molar-refractivity contribution in [2.45, 2.75) is 5.92 Å². The lowest BCUT2D eigenvalue weighted by atomic mass is 9.87. The molecule has 11 nitrogen and oxygen atoms in total. The molecular formula is C134H85N11.